The molecule has 0 spiro atoms. The second-order valence-electron chi connectivity index (χ2n) is 13.6. The molecule has 0 aliphatic rings. The molecule has 252 valence electrons. The molecular weight excluding hydrogens is 677 g/mol. The second kappa shape index (κ2) is 12.3. The first kappa shape index (κ1) is 30.7. The molecule has 0 atom stereocenters. The zero-order valence-electron chi connectivity index (χ0n) is 29.0. The first-order valence-electron chi connectivity index (χ1n) is 18.1. The molecule has 11 aromatic rings. The molecule has 5 heteroatoms. The van der Waals surface area contributed by atoms with Crippen molar-refractivity contribution in [1.29, 1.82) is 0 Å². The van der Waals surface area contributed by atoms with Gasteiger partial charge in [-0.2, -0.15) is 0 Å². The van der Waals surface area contributed by atoms with Gasteiger partial charge in [0.15, 0.2) is 17.5 Å². The largest absolute Gasteiger partial charge is 0.308 e. The van der Waals surface area contributed by atoms with E-state index in [2.05, 4.69) is 180 Å². The number of nitrogens with zero attached hydrogens (tertiary/aromatic N) is 4. The van der Waals surface area contributed by atoms with Gasteiger partial charge in [0.2, 0.25) is 0 Å². The summed E-state index contributed by atoms with van der Waals surface area (Å²) in [5, 5.41) is 7.30. The summed E-state index contributed by atoms with van der Waals surface area (Å²) in [6.07, 6.45) is 0. The van der Waals surface area contributed by atoms with Gasteiger partial charge in [-0.05, 0) is 70.4 Å². The number of para-hydroxylation sites is 2. The standard InChI is InChI=1S/C49H30N4S/c1-2-14-31(15-3-1)32-18-12-19-35(28-32)47-50-48(52-49(51-47)40-24-13-23-38-37-21-8-11-27-45(37)54-46(38)40)39-22-7-10-26-43(39)53-42-25-9-6-20-36(42)41-29-33-16-4-5-17-34(33)30-44(41)53/h1-30H. The van der Waals surface area contributed by atoms with Crippen LogP contribution in [-0.4, -0.2) is 19.5 Å². The summed E-state index contributed by atoms with van der Waals surface area (Å²) < 4.78 is 4.79. The topological polar surface area (TPSA) is 43.6 Å². The Morgan fingerprint density at radius 2 is 0.981 bits per heavy atom. The zero-order valence-corrected chi connectivity index (χ0v) is 29.8. The number of rotatable bonds is 5. The molecule has 54 heavy (non-hydrogen) atoms. The molecular formula is C49H30N4S. The summed E-state index contributed by atoms with van der Waals surface area (Å²) in [7, 11) is 0. The van der Waals surface area contributed by atoms with Crippen molar-refractivity contribution >= 4 is 64.1 Å². The molecule has 0 radical (unpaired) electrons. The highest BCUT2D eigenvalue weighted by Crippen LogP contribution is 2.41. The van der Waals surface area contributed by atoms with Crippen LogP contribution in [0, 0.1) is 0 Å². The Labute approximate surface area is 315 Å². The van der Waals surface area contributed by atoms with E-state index in [1.165, 1.54) is 41.7 Å². The fraction of sp³-hybridized carbons (Fsp3) is 0. The van der Waals surface area contributed by atoms with E-state index in [4.69, 9.17) is 15.0 Å². The van der Waals surface area contributed by atoms with Crippen LogP contribution in [0.15, 0.2) is 182 Å². The van der Waals surface area contributed by atoms with Crippen molar-refractivity contribution in [3.05, 3.63) is 182 Å². The number of fused-ring (bicyclic) bond motifs is 7. The lowest BCUT2D eigenvalue weighted by Crippen LogP contribution is -2.03. The van der Waals surface area contributed by atoms with Gasteiger partial charge < -0.3 is 4.57 Å². The molecule has 0 saturated carbocycles. The molecule has 0 fully saturated rings. The van der Waals surface area contributed by atoms with E-state index in [1.54, 1.807) is 11.3 Å². The summed E-state index contributed by atoms with van der Waals surface area (Å²) in [6.45, 7) is 0. The molecule has 4 nitrogen and oxygen atoms in total. The Bertz CT molecular complexity index is 3230. The van der Waals surface area contributed by atoms with Crippen LogP contribution in [0.5, 0.6) is 0 Å². The highest BCUT2D eigenvalue weighted by Gasteiger charge is 2.21. The maximum atomic E-state index is 5.35. The Morgan fingerprint density at radius 1 is 0.370 bits per heavy atom. The van der Waals surface area contributed by atoms with Gasteiger partial charge in [-0.1, -0.05) is 133 Å². The van der Waals surface area contributed by atoms with Crippen molar-refractivity contribution in [2.45, 2.75) is 0 Å². The summed E-state index contributed by atoms with van der Waals surface area (Å²) in [6, 6.07) is 64.4. The van der Waals surface area contributed by atoms with E-state index < -0.39 is 0 Å². The van der Waals surface area contributed by atoms with E-state index in [9.17, 15) is 0 Å². The number of benzene rings is 8. The Kier molecular flexibility index (Phi) is 7.00. The van der Waals surface area contributed by atoms with Gasteiger partial charge in [0.05, 0.1) is 16.7 Å². The van der Waals surface area contributed by atoms with Gasteiger partial charge >= 0.3 is 0 Å². The molecule has 3 heterocycles. The van der Waals surface area contributed by atoms with Crippen molar-refractivity contribution in [2.75, 3.05) is 0 Å². The molecule has 0 unspecified atom stereocenters. The Balaban J connectivity index is 1.18. The van der Waals surface area contributed by atoms with Crippen molar-refractivity contribution in [3.63, 3.8) is 0 Å². The maximum Gasteiger partial charge on any atom is 0.166 e. The second-order valence-corrected chi connectivity index (χ2v) is 14.7. The molecule has 11 rings (SSSR count). The predicted octanol–water partition coefficient (Wildman–Crippen LogP) is 13.2. The average Bonchev–Trinajstić information content (AvgIpc) is 3.78. The van der Waals surface area contributed by atoms with Gasteiger partial charge in [-0.15, -0.1) is 11.3 Å². The normalized spacial score (nSPS) is 11.7. The third-order valence-electron chi connectivity index (χ3n) is 10.4. The van der Waals surface area contributed by atoms with Crippen LogP contribution >= 0.6 is 11.3 Å². The van der Waals surface area contributed by atoms with E-state index in [0.29, 0.717) is 17.5 Å². The van der Waals surface area contributed by atoms with Gasteiger partial charge in [0, 0.05) is 47.6 Å². The van der Waals surface area contributed by atoms with Crippen LogP contribution in [-0.2, 0) is 0 Å². The van der Waals surface area contributed by atoms with Crippen molar-refractivity contribution in [1.82, 2.24) is 19.5 Å². The summed E-state index contributed by atoms with van der Waals surface area (Å²) in [5.74, 6) is 1.91. The van der Waals surface area contributed by atoms with Gasteiger partial charge in [0.25, 0.3) is 0 Å². The molecule has 0 bridgehead atoms. The quantitative estimate of drug-likeness (QED) is 0.179. The third kappa shape index (κ3) is 4.94. The van der Waals surface area contributed by atoms with Crippen molar-refractivity contribution < 1.29 is 0 Å². The molecule has 0 aliphatic heterocycles. The summed E-state index contributed by atoms with van der Waals surface area (Å²) >= 11 is 1.79. The number of aromatic nitrogens is 4. The molecule has 0 N–H and O–H groups in total. The van der Waals surface area contributed by atoms with E-state index in [0.717, 1.165) is 44.5 Å². The average molecular weight is 707 g/mol. The van der Waals surface area contributed by atoms with Crippen LogP contribution in [0.3, 0.4) is 0 Å². The van der Waals surface area contributed by atoms with Crippen molar-refractivity contribution in [3.8, 4) is 51.0 Å². The Hall–Kier alpha value is -6.95. The Morgan fingerprint density at radius 3 is 1.87 bits per heavy atom. The fourth-order valence-electron chi connectivity index (χ4n) is 7.91. The highest BCUT2D eigenvalue weighted by molar-refractivity contribution is 7.26. The SMILES string of the molecule is c1ccc(-c2cccc(-c3nc(-c4ccccc4-n4c5ccccc5c5cc6ccccc6cc54)nc(-c4cccc5c4sc4ccccc45)n3)c2)cc1. The maximum absolute atomic E-state index is 5.35. The van der Waals surface area contributed by atoms with Crippen LogP contribution in [0.2, 0.25) is 0 Å². The first-order valence-corrected chi connectivity index (χ1v) is 18.9. The summed E-state index contributed by atoms with van der Waals surface area (Å²) in [5.41, 5.74) is 8.41. The minimum Gasteiger partial charge on any atom is -0.308 e. The number of thiophene rings is 1. The van der Waals surface area contributed by atoms with Crippen LogP contribution in [0.4, 0.5) is 0 Å². The first-order chi connectivity index (χ1) is 26.8. The van der Waals surface area contributed by atoms with Gasteiger partial charge in [-0.25, -0.2) is 15.0 Å². The summed E-state index contributed by atoms with van der Waals surface area (Å²) in [4.78, 5) is 15.9. The van der Waals surface area contributed by atoms with E-state index in [-0.39, 0.29) is 0 Å². The van der Waals surface area contributed by atoms with Crippen LogP contribution in [0.25, 0.3) is 104 Å². The third-order valence-corrected chi connectivity index (χ3v) is 11.7. The lowest BCUT2D eigenvalue weighted by atomic mass is 10.0. The predicted molar refractivity (Wildman–Crippen MR) is 226 cm³/mol. The lowest BCUT2D eigenvalue weighted by molar-refractivity contribution is 1.07. The molecule has 8 aromatic carbocycles. The van der Waals surface area contributed by atoms with Gasteiger partial charge in [-0.3, -0.25) is 0 Å². The molecule has 0 aliphatic carbocycles. The van der Waals surface area contributed by atoms with Crippen LogP contribution in [0.1, 0.15) is 0 Å². The number of hydrogen-bond acceptors (Lipinski definition) is 4. The van der Waals surface area contributed by atoms with Gasteiger partial charge in [0.1, 0.15) is 0 Å². The molecule has 3 aromatic heterocycles. The van der Waals surface area contributed by atoms with Crippen LogP contribution < -0.4 is 0 Å². The lowest BCUT2D eigenvalue weighted by Gasteiger charge is -2.15. The molecule has 0 saturated heterocycles. The highest BCUT2D eigenvalue weighted by atomic mass is 32.1. The van der Waals surface area contributed by atoms with E-state index in [1.807, 2.05) is 6.07 Å². The van der Waals surface area contributed by atoms with E-state index >= 15 is 0 Å². The smallest absolute Gasteiger partial charge is 0.166 e. The fourth-order valence-corrected chi connectivity index (χ4v) is 9.12. The number of hydrogen-bond donors (Lipinski definition) is 0. The zero-order chi connectivity index (χ0) is 35.6. The minimum atomic E-state index is 0.626. The monoisotopic (exact) mass is 706 g/mol. The molecule has 0 amide bonds. The van der Waals surface area contributed by atoms with Crippen molar-refractivity contribution in [2.24, 2.45) is 0 Å². The minimum absolute atomic E-state index is 0.626.